The number of hydrogen-bond acceptors (Lipinski definition) is 3. The van der Waals surface area contributed by atoms with Crippen LogP contribution in [-0.2, 0) is 4.79 Å². The van der Waals surface area contributed by atoms with E-state index in [-0.39, 0.29) is 12.3 Å². The summed E-state index contributed by atoms with van der Waals surface area (Å²) in [7, 11) is 0. The molecule has 1 aromatic heterocycles. The summed E-state index contributed by atoms with van der Waals surface area (Å²) >= 11 is 4.72. The highest BCUT2D eigenvalue weighted by atomic mass is 79.9. The third-order valence-corrected chi connectivity index (χ3v) is 3.63. The summed E-state index contributed by atoms with van der Waals surface area (Å²) in [4.78, 5) is 22.7. The van der Waals surface area contributed by atoms with Gasteiger partial charge in [0.2, 0.25) is 5.91 Å². The average molecular weight is 305 g/mol. The molecule has 0 radical (unpaired) electrons. The minimum absolute atomic E-state index is 0.112. The zero-order chi connectivity index (χ0) is 12.3. The number of carbonyl (C=O) groups is 2. The summed E-state index contributed by atoms with van der Waals surface area (Å²) in [5, 5.41) is 6.35. The molecular formula is C10H13BrN2O2S. The van der Waals surface area contributed by atoms with Gasteiger partial charge in [0.25, 0.3) is 5.91 Å². The smallest absolute Gasteiger partial charge is 0.253 e. The molecule has 2 amide bonds. The fourth-order valence-corrected chi connectivity index (χ4v) is 2.75. The molecule has 0 bridgehead atoms. The molecule has 0 spiro atoms. The van der Waals surface area contributed by atoms with Gasteiger partial charge in [-0.25, -0.2) is 0 Å². The van der Waals surface area contributed by atoms with Crippen molar-refractivity contribution in [3.63, 3.8) is 0 Å². The van der Waals surface area contributed by atoms with Crippen molar-refractivity contribution >= 4 is 39.1 Å². The third kappa shape index (κ3) is 3.61. The molecule has 0 saturated heterocycles. The van der Waals surface area contributed by atoms with Crippen LogP contribution in [0.2, 0.25) is 0 Å². The van der Waals surface area contributed by atoms with Crippen LogP contribution < -0.4 is 11.1 Å². The highest BCUT2D eigenvalue weighted by Crippen LogP contribution is 2.22. The number of rotatable bonds is 4. The second-order valence-corrected chi connectivity index (χ2v) is 5.71. The first-order chi connectivity index (χ1) is 7.32. The van der Waals surface area contributed by atoms with Gasteiger partial charge in [-0.1, -0.05) is 0 Å². The maximum Gasteiger partial charge on any atom is 0.253 e. The Labute approximate surface area is 106 Å². The van der Waals surface area contributed by atoms with Crippen molar-refractivity contribution in [3.8, 4) is 0 Å². The second kappa shape index (κ2) is 4.97. The molecule has 0 fully saturated rings. The molecule has 0 aliphatic rings. The Bertz CT molecular complexity index is 415. The second-order valence-electron chi connectivity index (χ2n) is 4.11. The Morgan fingerprint density at radius 1 is 1.50 bits per heavy atom. The van der Waals surface area contributed by atoms with E-state index in [1.807, 2.05) is 5.38 Å². The van der Waals surface area contributed by atoms with Gasteiger partial charge >= 0.3 is 0 Å². The van der Waals surface area contributed by atoms with Gasteiger partial charge in [0.1, 0.15) is 0 Å². The minimum atomic E-state index is -0.635. The van der Waals surface area contributed by atoms with E-state index in [0.717, 1.165) is 4.47 Å². The van der Waals surface area contributed by atoms with Crippen LogP contribution in [0, 0.1) is 0 Å². The lowest BCUT2D eigenvalue weighted by Crippen LogP contribution is -2.46. The summed E-state index contributed by atoms with van der Waals surface area (Å²) in [6, 6.07) is 0. The summed E-state index contributed by atoms with van der Waals surface area (Å²) in [6.07, 6.45) is 0.112. The van der Waals surface area contributed by atoms with Crippen molar-refractivity contribution in [1.82, 2.24) is 5.32 Å². The van der Waals surface area contributed by atoms with E-state index in [9.17, 15) is 9.59 Å². The van der Waals surface area contributed by atoms with Crippen LogP contribution in [-0.4, -0.2) is 17.4 Å². The minimum Gasteiger partial charge on any atom is -0.370 e. The molecule has 0 atom stereocenters. The fourth-order valence-electron chi connectivity index (χ4n) is 1.30. The topological polar surface area (TPSA) is 72.2 Å². The van der Waals surface area contributed by atoms with Crippen molar-refractivity contribution in [3.05, 3.63) is 20.8 Å². The normalized spacial score (nSPS) is 11.2. The van der Waals surface area contributed by atoms with Crippen LogP contribution in [0.3, 0.4) is 0 Å². The Hall–Kier alpha value is -0.880. The Morgan fingerprint density at radius 3 is 2.56 bits per heavy atom. The van der Waals surface area contributed by atoms with Gasteiger partial charge in [-0.05, 0) is 29.8 Å². The summed E-state index contributed by atoms with van der Waals surface area (Å²) in [5.41, 5.74) is 5.04. The number of thiophene rings is 1. The third-order valence-electron chi connectivity index (χ3n) is 1.93. The van der Waals surface area contributed by atoms with E-state index >= 15 is 0 Å². The van der Waals surface area contributed by atoms with E-state index in [1.165, 1.54) is 11.3 Å². The SMILES string of the molecule is CC(C)(CC(N)=O)NC(=O)c1cscc1Br. The lowest BCUT2D eigenvalue weighted by molar-refractivity contribution is -0.119. The zero-order valence-corrected chi connectivity index (χ0v) is 11.4. The molecule has 88 valence electrons. The number of nitrogens with two attached hydrogens (primary N) is 1. The van der Waals surface area contributed by atoms with Crippen molar-refractivity contribution < 1.29 is 9.59 Å². The molecule has 6 heteroatoms. The lowest BCUT2D eigenvalue weighted by atomic mass is 10.00. The standard InChI is InChI=1S/C10H13BrN2O2S/c1-10(2,3-8(12)14)13-9(15)6-4-16-5-7(6)11/h4-5H,3H2,1-2H3,(H2,12,14)(H,13,15). The quantitative estimate of drug-likeness (QED) is 0.891. The van der Waals surface area contributed by atoms with Crippen LogP contribution in [0.4, 0.5) is 0 Å². The number of carbonyl (C=O) groups excluding carboxylic acids is 2. The van der Waals surface area contributed by atoms with E-state index < -0.39 is 11.4 Å². The van der Waals surface area contributed by atoms with Crippen LogP contribution in [0.25, 0.3) is 0 Å². The van der Waals surface area contributed by atoms with Gasteiger partial charge in [0.05, 0.1) is 5.56 Å². The number of hydrogen-bond donors (Lipinski definition) is 2. The molecule has 1 aromatic rings. The number of amides is 2. The van der Waals surface area contributed by atoms with Gasteiger partial charge in [-0.15, -0.1) is 0 Å². The van der Waals surface area contributed by atoms with Crippen LogP contribution in [0.1, 0.15) is 30.6 Å². The summed E-state index contributed by atoms with van der Waals surface area (Å²) in [6.45, 7) is 3.52. The zero-order valence-electron chi connectivity index (χ0n) is 9.04. The fraction of sp³-hybridized carbons (Fsp3) is 0.400. The molecule has 3 N–H and O–H groups in total. The maximum absolute atomic E-state index is 11.8. The van der Waals surface area contributed by atoms with E-state index in [2.05, 4.69) is 21.2 Å². The van der Waals surface area contributed by atoms with E-state index in [0.29, 0.717) is 5.56 Å². The predicted octanol–water partition coefficient (Wildman–Crippen LogP) is 1.89. The average Bonchev–Trinajstić information content (AvgIpc) is 2.47. The first-order valence-electron chi connectivity index (χ1n) is 4.64. The van der Waals surface area contributed by atoms with Gasteiger partial charge in [0, 0.05) is 27.2 Å². The Balaban J connectivity index is 2.71. The predicted molar refractivity (Wildman–Crippen MR) is 67.4 cm³/mol. The molecule has 0 aliphatic carbocycles. The van der Waals surface area contributed by atoms with Crippen LogP contribution in [0.15, 0.2) is 15.2 Å². The first-order valence-corrected chi connectivity index (χ1v) is 6.38. The molecular weight excluding hydrogens is 292 g/mol. The van der Waals surface area contributed by atoms with Gasteiger partial charge < -0.3 is 11.1 Å². The molecule has 0 saturated carbocycles. The Morgan fingerprint density at radius 2 is 2.12 bits per heavy atom. The number of nitrogens with one attached hydrogen (secondary N) is 1. The molecule has 0 unspecified atom stereocenters. The monoisotopic (exact) mass is 304 g/mol. The van der Waals surface area contributed by atoms with Gasteiger partial charge in [-0.2, -0.15) is 11.3 Å². The molecule has 0 aliphatic heterocycles. The molecule has 1 rings (SSSR count). The van der Waals surface area contributed by atoms with E-state index in [4.69, 9.17) is 5.73 Å². The molecule has 0 aromatic carbocycles. The highest BCUT2D eigenvalue weighted by Gasteiger charge is 2.24. The largest absolute Gasteiger partial charge is 0.370 e. The summed E-state index contributed by atoms with van der Waals surface area (Å²) < 4.78 is 0.755. The van der Waals surface area contributed by atoms with Gasteiger partial charge in [-0.3, -0.25) is 9.59 Å². The van der Waals surface area contributed by atoms with Crippen LogP contribution >= 0.6 is 27.3 Å². The van der Waals surface area contributed by atoms with Gasteiger partial charge in [0.15, 0.2) is 0 Å². The first kappa shape index (κ1) is 13.2. The number of primary amides is 1. The van der Waals surface area contributed by atoms with Crippen molar-refractivity contribution in [2.75, 3.05) is 0 Å². The summed E-state index contributed by atoms with van der Waals surface area (Å²) in [5.74, 6) is -0.644. The van der Waals surface area contributed by atoms with Crippen molar-refractivity contribution in [2.45, 2.75) is 25.8 Å². The molecule has 16 heavy (non-hydrogen) atoms. The van der Waals surface area contributed by atoms with Crippen molar-refractivity contribution in [1.29, 1.82) is 0 Å². The highest BCUT2D eigenvalue weighted by molar-refractivity contribution is 9.10. The molecule has 1 heterocycles. The van der Waals surface area contributed by atoms with Crippen LogP contribution in [0.5, 0.6) is 0 Å². The number of halogens is 1. The Kier molecular flexibility index (Phi) is 4.09. The molecule has 4 nitrogen and oxygen atoms in total. The lowest BCUT2D eigenvalue weighted by Gasteiger charge is -2.24. The maximum atomic E-state index is 11.8. The van der Waals surface area contributed by atoms with E-state index in [1.54, 1.807) is 19.2 Å². The van der Waals surface area contributed by atoms with Crippen molar-refractivity contribution in [2.24, 2.45) is 5.73 Å².